The van der Waals surface area contributed by atoms with Gasteiger partial charge in [-0.05, 0) is 43.3 Å². The average Bonchev–Trinajstić information content (AvgIpc) is 2.68. The van der Waals surface area contributed by atoms with E-state index in [0.29, 0.717) is 6.07 Å². The lowest BCUT2D eigenvalue weighted by atomic mass is 10.2. The largest absolute Gasteiger partial charge is 0.466 e. The lowest BCUT2D eigenvalue weighted by molar-refractivity contribution is -0.144. The summed E-state index contributed by atoms with van der Waals surface area (Å²) in [5.74, 6) is -1.02. The van der Waals surface area contributed by atoms with Gasteiger partial charge in [0.15, 0.2) is 0 Å². The maximum atomic E-state index is 13.0. The van der Waals surface area contributed by atoms with Crippen LogP contribution < -0.4 is 10.0 Å². The minimum atomic E-state index is -4.84. The van der Waals surface area contributed by atoms with Gasteiger partial charge in [-0.15, -0.1) is 0 Å². The highest BCUT2D eigenvalue weighted by atomic mass is 35.5. The Morgan fingerprint density at radius 2 is 1.72 bits per heavy atom. The fourth-order valence-electron chi connectivity index (χ4n) is 2.44. The van der Waals surface area contributed by atoms with E-state index < -0.39 is 43.6 Å². The SMILES string of the molecule is CCOC(=O)CCC(=O)Nc1ccc(NS(=O)(=O)c2ccc(Cl)c(C(F)(F)F)c2)c(Cl)c1. The van der Waals surface area contributed by atoms with Gasteiger partial charge < -0.3 is 10.1 Å². The summed E-state index contributed by atoms with van der Waals surface area (Å²) < 4.78 is 70.9. The molecule has 174 valence electrons. The summed E-state index contributed by atoms with van der Waals surface area (Å²) in [4.78, 5) is 22.5. The van der Waals surface area contributed by atoms with Crippen LogP contribution in [-0.4, -0.2) is 26.9 Å². The van der Waals surface area contributed by atoms with E-state index in [0.717, 1.165) is 12.1 Å². The van der Waals surface area contributed by atoms with Gasteiger partial charge in [0.05, 0.1) is 39.2 Å². The highest BCUT2D eigenvalue weighted by molar-refractivity contribution is 7.92. The third kappa shape index (κ3) is 7.01. The molecule has 0 aliphatic heterocycles. The number of ether oxygens (including phenoxy) is 1. The quantitative estimate of drug-likeness (QED) is 0.479. The van der Waals surface area contributed by atoms with E-state index in [1.165, 1.54) is 18.2 Å². The Hall–Kier alpha value is -2.50. The number of anilines is 2. The number of benzene rings is 2. The molecule has 0 aliphatic carbocycles. The zero-order chi connectivity index (χ0) is 24.1. The van der Waals surface area contributed by atoms with Crippen molar-refractivity contribution in [2.45, 2.75) is 30.8 Å². The molecule has 0 heterocycles. The van der Waals surface area contributed by atoms with Crippen molar-refractivity contribution >= 4 is 56.5 Å². The van der Waals surface area contributed by atoms with Crippen molar-refractivity contribution in [1.29, 1.82) is 0 Å². The second kappa shape index (κ2) is 10.4. The molecular formula is C19H17Cl2F3N2O5S. The number of esters is 1. The summed E-state index contributed by atoms with van der Waals surface area (Å²) in [5, 5.41) is 1.72. The van der Waals surface area contributed by atoms with Gasteiger partial charge in [-0.25, -0.2) is 8.42 Å². The van der Waals surface area contributed by atoms with Gasteiger partial charge in [0.25, 0.3) is 10.0 Å². The number of carbonyl (C=O) groups is 2. The first-order valence-electron chi connectivity index (χ1n) is 8.98. The first-order valence-corrected chi connectivity index (χ1v) is 11.2. The lowest BCUT2D eigenvalue weighted by Gasteiger charge is -2.14. The van der Waals surface area contributed by atoms with Gasteiger partial charge in [-0.2, -0.15) is 13.2 Å². The van der Waals surface area contributed by atoms with Crippen molar-refractivity contribution in [2.24, 2.45) is 0 Å². The molecular weight excluding hydrogens is 496 g/mol. The van der Waals surface area contributed by atoms with Crippen LogP contribution in [0.3, 0.4) is 0 Å². The molecule has 32 heavy (non-hydrogen) atoms. The molecule has 0 fully saturated rings. The van der Waals surface area contributed by atoms with Crippen LogP contribution in [0.15, 0.2) is 41.3 Å². The molecule has 0 unspecified atom stereocenters. The number of amides is 1. The van der Waals surface area contributed by atoms with Crippen LogP contribution in [0.25, 0.3) is 0 Å². The molecule has 2 rings (SSSR count). The summed E-state index contributed by atoms with van der Waals surface area (Å²) in [6.07, 6.45) is -5.09. The van der Waals surface area contributed by atoms with Gasteiger partial charge in [-0.1, -0.05) is 23.2 Å². The monoisotopic (exact) mass is 512 g/mol. The molecule has 0 saturated heterocycles. The molecule has 7 nitrogen and oxygen atoms in total. The number of halogens is 5. The zero-order valence-corrected chi connectivity index (χ0v) is 18.8. The molecule has 13 heteroatoms. The van der Waals surface area contributed by atoms with Gasteiger partial charge in [0, 0.05) is 12.1 Å². The number of sulfonamides is 1. The van der Waals surface area contributed by atoms with Gasteiger partial charge in [-0.3, -0.25) is 14.3 Å². The summed E-state index contributed by atoms with van der Waals surface area (Å²) >= 11 is 11.6. The fourth-order valence-corrected chi connectivity index (χ4v) is 4.05. The molecule has 0 aromatic heterocycles. The number of hydrogen-bond donors (Lipinski definition) is 2. The molecule has 2 aromatic carbocycles. The van der Waals surface area contributed by atoms with Crippen molar-refractivity contribution in [3.8, 4) is 0 Å². The van der Waals surface area contributed by atoms with E-state index >= 15 is 0 Å². The summed E-state index contributed by atoms with van der Waals surface area (Å²) in [6.45, 7) is 1.83. The first kappa shape index (κ1) is 25.8. The van der Waals surface area contributed by atoms with Crippen molar-refractivity contribution < 1.29 is 35.9 Å². The first-order chi connectivity index (χ1) is 14.8. The van der Waals surface area contributed by atoms with Crippen LogP contribution >= 0.6 is 23.2 Å². The van der Waals surface area contributed by atoms with Crippen LogP contribution in [0.5, 0.6) is 0 Å². The molecule has 2 aromatic rings. The maximum Gasteiger partial charge on any atom is 0.417 e. The zero-order valence-electron chi connectivity index (χ0n) is 16.4. The third-order valence-corrected chi connectivity index (χ3v) is 5.92. The lowest BCUT2D eigenvalue weighted by Crippen LogP contribution is -2.16. The average molecular weight is 513 g/mol. The van der Waals surface area contributed by atoms with Crippen LogP contribution in [-0.2, 0) is 30.5 Å². The van der Waals surface area contributed by atoms with Crippen molar-refractivity contribution in [1.82, 2.24) is 0 Å². The van der Waals surface area contributed by atoms with Crippen LogP contribution in [0, 0.1) is 0 Å². The van der Waals surface area contributed by atoms with Crippen molar-refractivity contribution in [3.63, 3.8) is 0 Å². The summed E-state index contributed by atoms with van der Waals surface area (Å²) in [6, 6.07) is 5.96. The summed E-state index contributed by atoms with van der Waals surface area (Å²) in [5.41, 5.74) is -1.20. The fraction of sp³-hybridized carbons (Fsp3) is 0.263. The molecule has 0 bridgehead atoms. The number of alkyl halides is 3. The van der Waals surface area contributed by atoms with E-state index in [9.17, 15) is 31.2 Å². The Morgan fingerprint density at radius 1 is 1.03 bits per heavy atom. The second-order valence-electron chi connectivity index (χ2n) is 6.29. The minimum absolute atomic E-state index is 0.119. The van der Waals surface area contributed by atoms with Crippen LogP contribution in [0.1, 0.15) is 25.3 Å². The van der Waals surface area contributed by atoms with Crippen molar-refractivity contribution in [3.05, 3.63) is 52.0 Å². The van der Waals surface area contributed by atoms with Gasteiger partial charge in [0.1, 0.15) is 0 Å². The third-order valence-electron chi connectivity index (χ3n) is 3.91. The van der Waals surface area contributed by atoms with E-state index in [4.69, 9.17) is 27.9 Å². The molecule has 1 amide bonds. The predicted octanol–water partition coefficient (Wildman–Crippen LogP) is 5.09. The van der Waals surface area contributed by atoms with E-state index in [1.807, 2.05) is 0 Å². The number of carbonyl (C=O) groups excluding carboxylic acids is 2. The Bertz CT molecular complexity index is 1120. The van der Waals surface area contributed by atoms with Crippen LogP contribution in [0.2, 0.25) is 10.0 Å². The minimum Gasteiger partial charge on any atom is -0.466 e. The second-order valence-corrected chi connectivity index (χ2v) is 8.79. The number of rotatable bonds is 8. The topological polar surface area (TPSA) is 102 Å². The molecule has 0 aliphatic rings. The van der Waals surface area contributed by atoms with Gasteiger partial charge in [0.2, 0.25) is 5.91 Å². The maximum absolute atomic E-state index is 13.0. The summed E-state index contributed by atoms with van der Waals surface area (Å²) in [7, 11) is -4.43. The van der Waals surface area contributed by atoms with Crippen molar-refractivity contribution in [2.75, 3.05) is 16.6 Å². The van der Waals surface area contributed by atoms with Gasteiger partial charge >= 0.3 is 12.1 Å². The normalized spacial score (nSPS) is 11.7. The van der Waals surface area contributed by atoms with E-state index in [-0.39, 0.29) is 35.8 Å². The molecule has 2 N–H and O–H groups in total. The molecule has 0 atom stereocenters. The number of hydrogen-bond acceptors (Lipinski definition) is 5. The molecule has 0 saturated carbocycles. The highest BCUT2D eigenvalue weighted by Crippen LogP contribution is 2.36. The van der Waals surface area contributed by atoms with Crippen LogP contribution in [0.4, 0.5) is 24.5 Å². The smallest absolute Gasteiger partial charge is 0.417 e. The Morgan fingerprint density at radius 3 is 2.31 bits per heavy atom. The number of nitrogens with one attached hydrogen (secondary N) is 2. The Labute approximate surface area is 191 Å². The van der Waals surface area contributed by atoms with E-state index in [1.54, 1.807) is 6.92 Å². The Balaban J connectivity index is 2.14. The molecule has 0 radical (unpaired) electrons. The van der Waals surface area contributed by atoms with E-state index in [2.05, 4.69) is 10.0 Å². The standard InChI is InChI=1S/C19H17Cl2F3N2O5S/c1-2-31-18(28)8-7-17(27)25-11-3-6-16(15(21)9-11)26-32(29,30)12-4-5-14(20)13(10-12)19(22,23)24/h3-6,9-10,26H,2,7-8H2,1H3,(H,25,27). The predicted molar refractivity (Wildman–Crippen MR) is 113 cm³/mol. The highest BCUT2D eigenvalue weighted by Gasteiger charge is 2.34. The Kier molecular flexibility index (Phi) is 8.38. The molecule has 0 spiro atoms.